The van der Waals surface area contributed by atoms with Crippen LogP contribution in [0.5, 0.6) is 0 Å². The van der Waals surface area contributed by atoms with Crippen LogP contribution in [0.25, 0.3) is 0 Å². The molecule has 12 heavy (non-hydrogen) atoms. The fourth-order valence-corrected chi connectivity index (χ4v) is 4.12. The highest BCUT2D eigenvalue weighted by atomic mass is 79.9. The van der Waals surface area contributed by atoms with Crippen molar-refractivity contribution < 1.29 is 12.3 Å². The van der Waals surface area contributed by atoms with Crippen LogP contribution in [0.15, 0.2) is 9.42 Å². The van der Waals surface area contributed by atoms with E-state index in [-0.39, 0.29) is 16.3 Å². The molecule has 1 rings (SSSR count). The molecule has 0 saturated heterocycles. The molecule has 1 heterocycles. The van der Waals surface area contributed by atoms with Crippen molar-refractivity contribution in [1.82, 2.24) is 5.16 Å². The first kappa shape index (κ1) is 9.98. The number of hydrogen-bond acceptors (Lipinski definition) is 2. The first-order valence-corrected chi connectivity index (χ1v) is 7.77. The molecule has 2 nitrogen and oxygen atoms in total. The van der Waals surface area contributed by atoms with Gasteiger partial charge in [0.15, 0.2) is 0 Å². The molecule has 6 heteroatoms. The average Bonchev–Trinajstić information content (AvgIpc) is 2.06. The molecule has 0 saturated carbocycles. The van der Waals surface area contributed by atoms with Crippen molar-refractivity contribution in [3.63, 3.8) is 0 Å². The molecule has 0 aliphatic carbocycles. The first-order valence-electron chi connectivity index (χ1n) is 3.29. The first-order chi connectivity index (χ1) is 5.18. The Morgan fingerprint density at radius 1 is 1.42 bits per heavy atom. The number of thiol groups is 1. The molecule has 0 unspecified atom stereocenters. The Bertz CT molecular complexity index is 288. The molecule has 0 fully saturated rings. The minimum atomic E-state index is -4.88. The summed E-state index contributed by atoms with van der Waals surface area (Å²) in [5.41, 5.74) is 0.259. The van der Waals surface area contributed by atoms with Gasteiger partial charge in [-0.1, -0.05) is 5.16 Å². The highest BCUT2D eigenvalue weighted by molar-refractivity contribution is 9.60. The van der Waals surface area contributed by atoms with Crippen molar-refractivity contribution in [3.8, 4) is 0 Å². The second-order valence-corrected chi connectivity index (χ2v) is 10.4. The van der Waals surface area contributed by atoms with Crippen LogP contribution in [0.2, 0.25) is 0 Å². The van der Waals surface area contributed by atoms with E-state index < -0.39 is 8.37 Å². The molecular weight excluding hydrogens is 252 g/mol. The maximum absolute atomic E-state index is 13.4. The Labute approximate surface area is 77.4 Å². The Balaban J connectivity index is 3.38. The van der Waals surface area contributed by atoms with Crippen molar-refractivity contribution in [2.75, 3.05) is 6.26 Å². The van der Waals surface area contributed by atoms with Gasteiger partial charge in [-0.25, -0.2) is 0 Å². The summed E-state index contributed by atoms with van der Waals surface area (Å²) in [5.74, 6) is 0.189. The Morgan fingerprint density at radius 3 is 2.08 bits per heavy atom. The molecule has 0 radical (unpaired) electrons. The third kappa shape index (κ3) is 1.80. The van der Waals surface area contributed by atoms with Crippen LogP contribution in [-0.2, 0) is 0 Å². The minimum Gasteiger partial charge on any atom is -0.360 e. The van der Waals surface area contributed by atoms with Crippen LogP contribution in [0.1, 0.15) is 11.5 Å². The van der Waals surface area contributed by atoms with Crippen molar-refractivity contribution in [3.05, 3.63) is 11.5 Å². The molecule has 0 spiro atoms. The Hall–Kier alpha value is -0.100. The molecular formula is C6H10BrF2NOS. The fourth-order valence-electron chi connectivity index (χ4n) is 1.16. The average molecular weight is 262 g/mol. The lowest BCUT2D eigenvalue weighted by Gasteiger charge is -2.34. The lowest BCUT2D eigenvalue weighted by Crippen LogP contribution is -1.96. The standard InChI is InChI=1S/C6H10BrF2NOS/c1-4-6(5(2)11-10-4)12(3,7,8)9/h12H,1-3H3. The van der Waals surface area contributed by atoms with Gasteiger partial charge in [0.25, 0.3) is 0 Å². The SMILES string of the molecule is Cc1noc(C)c1[SH](C)(F)(F)Br. The number of halogens is 3. The lowest BCUT2D eigenvalue weighted by atomic mass is 10.4. The van der Waals surface area contributed by atoms with Crippen molar-refractivity contribution in [2.45, 2.75) is 18.7 Å². The number of aromatic nitrogens is 1. The molecule has 72 valence electrons. The second-order valence-electron chi connectivity index (χ2n) is 2.85. The Morgan fingerprint density at radius 2 is 1.92 bits per heavy atom. The van der Waals surface area contributed by atoms with Gasteiger partial charge in [0, 0.05) is 29.4 Å². The van der Waals surface area contributed by atoms with Crippen molar-refractivity contribution in [2.24, 2.45) is 0 Å². The Kier molecular flexibility index (Phi) is 2.03. The van der Waals surface area contributed by atoms with Crippen LogP contribution >= 0.6 is 23.2 Å². The number of aryl methyl sites for hydroxylation is 2. The van der Waals surface area contributed by atoms with Gasteiger partial charge >= 0.3 is 0 Å². The predicted octanol–water partition coefficient (Wildman–Crippen LogP) is 3.43. The van der Waals surface area contributed by atoms with Crippen LogP contribution in [-0.4, -0.2) is 11.4 Å². The minimum absolute atomic E-state index is 0.0685. The molecule has 1 aromatic rings. The highest BCUT2D eigenvalue weighted by Crippen LogP contribution is 2.83. The number of nitrogens with zero attached hydrogens (tertiary/aromatic N) is 1. The van der Waals surface area contributed by atoms with Crippen LogP contribution in [0.4, 0.5) is 7.77 Å². The summed E-state index contributed by atoms with van der Waals surface area (Å²) < 4.78 is 31.5. The maximum atomic E-state index is 13.4. The highest BCUT2D eigenvalue weighted by Gasteiger charge is 2.38. The molecule has 0 atom stereocenters. The molecule has 0 aliphatic heterocycles. The zero-order chi connectivity index (χ0) is 9.59. The normalized spacial score (nSPS) is 15.7. The summed E-state index contributed by atoms with van der Waals surface area (Å²) in [6.07, 6.45) is 0.901. The van der Waals surface area contributed by atoms with Gasteiger partial charge in [0.2, 0.25) is 0 Å². The van der Waals surface area contributed by atoms with Gasteiger partial charge < -0.3 is 4.52 Å². The summed E-state index contributed by atoms with van der Waals surface area (Å²) in [6.45, 7) is 3.00. The maximum Gasteiger partial charge on any atom is 0.149 e. The quantitative estimate of drug-likeness (QED) is 0.784. The summed E-state index contributed by atoms with van der Waals surface area (Å²) in [5, 5.41) is 3.48. The summed E-state index contributed by atoms with van der Waals surface area (Å²) in [6, 6.07) is 0. The van der Waals surface area contributed by atoms with Crippen molar-refractivity contribution in [1.29, 1.82) is 0 Å². The zero-order valence-corrected chi connectivity index (χ0v) is 9.42. The number of rotatable bonds is 1. The third-order valence-corrected chi connectivity index (χ3v) is 4.13. The van der Waals surface area contributed by atoms with E-state index in [0.29, 0.717) is 0 Å². The van der Waals surface area contributed by atoms with E-state index in [4.69, 9.17) is 0 Å². The smallest absolute Gasteiger partial charge is 0.149 e. The van der Waals surface area contributed by atoms with Gasteiger partial charge in [-0.2, -0.15) is 7.77 Å². The molecule has 1 aromatic heterocycles. The molecule has 0 bridgehead atoms. The van der Waals surface area contributed by atoms with Gasteiger partial charge in [-0.3, -0.25) is 0 Å². The van der Waals surface area contributed by atoms with E-state index in [1.165, 1.54) is 13.8 Å². The van der Waals surface area contributed by atoms with E-state index >= 15 is 0 Å². The summed E-state index contributed by atoms with van der Waals surface area (Å²) in [7, 11) is -4.88. The summed E-state index contributed by atoms with van der Waals surface area (Å²) in [4.78, 5) is -0.0685. The molecule has 0 amide bonds. The molecule has 0 aromatic carbocycles. The van der Waals surface area contributed by atoms with E-state index in [9.17, 15) is 7.77 Å². The largest absolute Gasteiger partial charge is 0.360 e. The van der Waals surface area contributed by atoms with Gasteiger partial charge in [0.05, 0.1) is 10.6 Å². The molecule has 0 aliphatic rings. The van der Waals surface area contributed by atoms with E-state index in [1.54, 1.807) is 0 Å². The molecule has 0 N–H and O–H groups in total. The zero-order valence-electron chi connectivity index (χ0n) is 6.94. The van der Waals surface area contributed by atoms with E-state index in [1.807, 2.05) is 0 Å². The van der Waals surface area contributed by atoms with Crippen LogP contribution in [0, 0.1) is 13.8 Å². The summed E-state index contributed by atoms with van der Waals surface area (Å²) >= 11 is 2.47. The fraction of sp³-hybridized carbons (Fsp3) is 0.500. The number of hydrogen-bond donors (Lipinski definition) is 1. The topological polar surface area (TPSA) is 26.0 Å². The predicted molar refractivity (Wildman–Crippen MR) is 50.3 cm³/mol. The van der Waals surface area contributed by atoms with Gasteiger partial charge in [-0.15, -0.1) is 0 Å². The third-order valence-electron chi connectivity index (χ3n) is 1.47. The lowest BCUT2D eigenvalue weighted by molar-refractivity contribution is 0.390. The van der Waals surface area contributed by atoms with E-state index in [0.717, 1.165) is 6.26 Å². The van der Waals surface area contributed by atoms with Gasteiger partial charge in [-0.05, 0) is 13.8 Å². The van der Waals surface area contributed by atoms with Crippen LogP contribution < -0.4 is 0 Å². The van der Waals surface area contributed by atoms with Crippen molar-refractivity contribution >= 4 is 23.2 Å². The van der Waals surface area contributed by atoms with Gasteiger partial charge in [0.1, 0.15) is 5.76 Å². The second kappa shape index (κ2) is 2.45. The monoisotopic (exact) mass is 261 g/mol. The van der Waals surface area contributed by atoms with Crippen LogP contribution in [0.3, 0.4) is 0 Å². The van der Waals surface area contributed by atoms with E-state index in [2.05, 4.69) is 24.5 Å².